The van der Waals surface area contributed by atoms with Gasteiger partial charge in [0.15, 0.2) is 0 Å². The number of halogens is 1. The molecule has 0 amide bonds. The summed E-state index contributed by atoms with van der Waals surface area (Å²) in [5.74, 6) is 0.945. The summed E-state index contributed by atoms with van der Waals surface area (Å²) in [6.45, 7) is 0. The van der Waals surface area contributed by atoms with Crippen LogP contribution in [-0.2, 0) is 18.3 Å². The Bertz CT molecular complexity index is 648. The fourth-order valence-electron chi connectivity index (χ4n) is 3.53. The molecule has 0 unspecified atom stereocenters. The average Bonchev–Trinajstić information content (AvgIpc) is 2.88. The summed E-state index contributed by atoms with van der Waals surface area (Å²) in [7, 11) is 0. The summed E-state index contributed by atoms with van der Waals surface area (Å²) >= 11 is 6.40. The van der Waals surface area contributed by atoms with Crippen LogP contribution in [0.5, 0.6) is 0 Å². The highest BCUT2D eigenvalue weighted by Crippen LogP contribution is 2.48. The highest BCUT2D eigenvalue weighted by atomic mass is 35.5. The molecule has 0 bridgehead atoms. The van der Waals surface area contributed by atoms with Crippen molar-refractivity contribution in [1.82, 2.24) is 9.97 Å². The number of aromatic nitrogens is 2. The molecule has 1 heterocycles. The molecule has 2 aliphatic rings. The van der Waals surface area contributed by atoms with Gasteiger partial charge in [0.05, 0.1) is 5.41 Å². The van der Waals surface area contributed by atoms with Crippen LogP contribution in [0.4, 0.5) is 0 Å². The Morgan fingerprint density at radius 2 is 1.75 bits per heavy atom. The molecule has 1 saturated carbocycles. The van der Waals surface area contributed by atoms with E-state index in [4.69, 9.17) is 16.6 Å². The van der Waals surface area contributed by atoms with E-state index >= 15 is 0 Å². The molecule has 20 heavy (non-hydrogen) atoms. The van der Waals surface area contributed by atoms with Crippen LogP contribution >= 0.6 is 11.6 Å². The number of fused-ring (bicyclic) bond motifs is 1. The number of rotatable bonds is 2. The molecule has 1 fully saturated rings. The molecule has 2 aromatic rings. The van der Waals surface area contributed by atoms with Gasteiger partial charge in [-0.25, -0.2) is 9.97 Å². The van der Waals surface area contributed by atoms with E-state index in [2.05, 4.69) is 35.3 Å². The fourth-order valence-corrected chi connectivity index (χ4v) is 3.81. The van der Waals surface area contributed by atoms with Crippen molar-refractivity contribution in [1.29, 1.82) is 0 Å². The lowest BCUT2D eigenvalue weighted by molar-refractivity contribution is 0.284. The predicted octanol–water partition coefficient (Wildman–Crippen LogP) is 4.09. The SMILES string of the molecule is Clc1nc(C2(c3ccccc3)CCC2)nc2c1CCC2. The van der Waals surface area contributed by atoms with Gasteiger partial charge in [0.25, 0.3) is 0 Å². The Hall–Kier alpha value is -1.41. The van der Waals surface area contributed by atoms with Gasteiger partial charge in [0.2, 0.25) is 0 Å². The van der Waals surface area contributed by atoms with Gasteiger partial charge in [0.1, 0.15) is 11.0 Å². The van der Waals surface area contributed by atoms with Crippen molar-refractivity contribution in [3.8, 4) is 0 Å². The number of hydrogen-bond acceptors (Lipinski definition) is 2. The fraction of sp³-hybridized carbons (Fsp3) is 0.412. The molecule has 1 aromatic carbocycles. The molecule has 102 valence electrons. The zero-order valence-electron chi connectivity index (χ0n) is 11.4. The van der Waals surface area contributed by atoms with Crippen molar-refractivity contribution in [2.75, 3.05) is 0 Å². The number of nitrogens with zero attached hydrogens (tertiary/aromatic N) is 2. The molecule has 0 spiro atoms. The first-order valence-electron chi connectivity index (χ1n) is 7.41. The monoisotopic (exact) mass is 284 g/mol. The summed E-state index contributed by atoms with van der Waals surface area (Å²) in [5.41, 5.74) is 3.70. The normalized spacial score (nSPS) is 19.4. The summed E-state index contributed by atoms with van der Waals surface area (Å²) < 4.78 is 0. The van der Waals surface area contributed by atoms with E-state index < -0.39 is 0 Å². The minimum atomic E-state index is 0.00250. The average molecular weight is 285 g/mol. The van der Waals surface area contributed by atoms with Crippen LogP contribution in [-0.4, -0.2) is 9.97 Å². The van der Waals surface area contributed by atoms with Gasteiger partial charge in [-0.2, -0.15) is 0 Å². The Labute approximate surface area is 124 Å². The standard InChI is InChI=1S/C17H17ClN2/c18-15-13-8-4-9-14(13)19-16(20-15)17(10-5-11-17)12-6-2-1-3-7-12/h1-3,6-7H,4-5,8-11H2. The molecule has 0 atom stereocenters. The molecule has 2 aliphatic carbocycles. The second-order valence-corrected chi connectivity index (χ2v) is 6.28. The van der Waals surface area contributed by atoms with Crippen molar-refractivity contribution < 1.29 is 0 Å². The Morgan fingerprint density at radius 3 is 2.45 bits per heavy atom. The van der Waals surface area contributed by atoms with E-state index in [1.165, 1.54) is 23.2 Å². The number of hydrogen-bond donors (Lipinski definition) is 0. The third-order valence-corrected chi connectivity index (χ3v) is 5.16. The van der Waals surface area contributed by atoms with Gasteiger partial charge in [-0.05, 0) is 37.7 Å². The largest absolute Gasteiger partial charge is 0.237 e. The number of aryl methyl sites for hydroxylation is 1. The van der Waals surface area contributed by atoms with Crippen LogP contribution in [0.25, 0.3) is 0 Å². The first-order valence-corrected chi connectivity index (χ1v) is 7.79. The van der Waals surface area contributed by atoms with Gasteiger partial charge in [-0.3, -0.25) is 0 Å². The first kappa shape index (κ1) is 12.3. The molecular weight excluding hydrogens is 268 g/mol. The highest BCUT2D eigenvalue weighted by molar-refractivity contribution is 6.30. The van der Waals surface area contributed by atoms with Crippen LogP contribution in [0.15, 0.2) is 30.3 Å². The quantitative estimate of drug-likeness (QED) is 0.776. The second-order valence-electron chi connectivity index (χ2n) is 5.92. The lowest BCUT2D eigenvalue weighted by Gasteiger charge is -2.41. The molecule has 0 saturated heterocycles. The lowest BCUT2D eigenvalue weighted by Crippen LogP contribution is -2.37. The van der Waals surface area contributed by atoms with Crippen molar-refractivity contribution in [2.45, 2.75) is 43.9 Å². The van der Waals surface area contributed by atoms with Crippen LogP contribution in [0.1, 0.15) is 48.3 Å². The van der Waals surface area contributed by atoms with Gasteiger partial charge in [-0.15, -0.1) is 0 Å². The predicted molar refractivity (Wildman–Crippen MR) is 80.1 cm³/mol. The van der Waals surface area contributed by atoms with E-state index in [1.54, 1.807) is 0 Å². The molecular formula is C17H17ClN2. The van der Waals surface area contributed by atoms with Gasteiger partial charge >= 0.3 is 0 Å². The minimum absolute atomic E-state index is 0.00250. The van der Waals surface area contributed by atoms with Crippen molar-refractivity contribution >= 4 is 11.6 Å². The lowest BCUT2D eigenvalue weighted by atomic mass is 9.64. The molecule has 0 radical (unpaired) electrons. The van der Waals surface area contributed by atoms with Crippen molar-refractivity contribution in [3.63, 3.8) is 0 Å². The van der Waals surface area contributed by atoms with E-state index in [0.29, 0.717) is 5.15 Å². The zero-order valence-corrected chi connectivity index (χ0v) is 12.2. The maximum atomic E-state index is 6.40. The maximum Gasteiger partial charge on any atom is 0.140 e. The van der Waals surface area contributed by atoms with E-state index in [-0.39, 0.29) is 5.41 Å². The summed E-state index contributed by atoms with van der Waals surface area (Å²) in [5, 5.41) is 0.685. The summed E-state index contributed by atoms with van der Waals surface area (Å²) in [4.78, 5) is 9.56. The van der Waals surface area contributed by atoms with Crippen LogP contribution in [0, 0.1) is 0 Å². The number of benzene rings is 1. The summed E-state index contributed by atoms with van der Waals surface area (Å²) in [6, 6.07) is 10.7. The minimum Gasteiger partial charge on any atom is -0.237 e. The smallest absolute Gasteiger partial charge is 0.140 e. The molecule has 3 heteroatoms. The Kier molecular flexibility index (Phi) is 2.81. The third kappa shape index (κ3) is 1.71. The topological polar surface area (TPSA) is 25.8 Å². The molecule has 1 aromatic heterocycles. The van der Waals surface area contributed by atoms with Crippen molar-refractivity contribution in [2.24, 2.45) is 0 Å². The van der Waals surface area contributed by atoms with Crippen LogP contribution < -0.4 is 0 Å². The van der Waals surface area contributed by atoms with Crippen molar-refractivity contribution in [3.05, 3.63) is 58.1 Å². The Morgan fingerprint density at radius 1 is 0.950 bits per heavy atom. The van der Waals surface area contributed by atoms with Crippen LogP contribution in [0.2, 0.25) is 5.15 Å². The van der Waals surface area contributed by atoms with E-state index in [9.17, 15) is 0 Å². The zero-order chi connectivity index (χ0) is 13.6. The highest BCUT2D eigenvalue weighted by Gasteiger charge is 2.43. The van der Waals surface area contributed by atoms with Gasteiger partial charge < -0.3 is 0 Å². The second kappa shape index (κ2) is 4.56. The maximum absolute atomic E-state index is 6.40. The molecule has 0 N–H and O–H groups in total. The van der Waals surface area contributed by atoms with E-state index in [0.717, 1.165) is 37.9 Å². The Balaban J connectivity index is 1.85. The van der Waals surface area contributed by atoms with Crippen LogP contribution in [0.3, 0.4) is 0 Å². The summed E-state index contributed by atoms with van der Waals surface area (Å²) in [6.07, 6.45) is 6.75. The molecule has 0 aliphatic heterocycles. The molecule has 2 nitrogen and oxygen atoms in total. The first-order chi connectivity index (χ1) is 9.79. The van der Waals surface area contributed by atoms with Gasteiger partial charge in [0, 0.05) is 11.3 Å². The van der Waals surface area contributed by atoms with Gasteiger partial charge in [-0.1, -0.05) is 48.4 Å². The van der Waals surface area contributed by atoms with E-state index in [1.807, 2.05) is 0 Å². The molecule has 4 rings (SSSR count). The third-order valence-electron chi connectivity index (χ3n) is 4.84.